The first-order valence-electron chi connectivity index (χ1n) is 5.07. The Hall–Kier alpha value is -0.390. The molecular weight excluding hydrogens is 304 g/mol. The molecule has 0 fully saturated rings. The van der Waals surface area contributed by atoms with Crippen LogP contribution in [-0.2, 0) is 6.54 Å². The van der Waals surface area contributed by atoms with Gasteiger partial charge < -0.3 is 4.90 Å². The summed E-state index contributed by atoms with van der Waals surface area (Å²) >= 11 is 6.88. The lowest BCUT2D eigenvalue weighted by Crippen LogP contribution is -2.29. The van der Waals surface area contributed by atoms with E-state index in [9.17, 15) is 0 Å². The Morgan fingerprint density at radius 2 is 2.25 bits per heavy atom. The highest BCUT2D eigenvalue weighted by molar-refractivity contribution is 9.10. The smallest absolute Gasteiger partial charge is 0.186 e. The lowest BCUT2D eigenvalue weighted by Gasteiger charge is -2.25. The van der Waals surface area contributed by atoms with E-state index in [1.807, 2.05) is 5.38 Å². The molecule has 0 aromatic carbocycles. The molecule has 2 rings (SSSR count). The van der Waals surface area contributed by atoms with Gasteiger partial charge in [0.05, 0.1) is 6.54 Å². The summed E-state index contributed by atoms with van der Waals surface area (Å²) in [5.41, 5.74) is 0. The molecule has 16 heavy (non-hydrogen) atoms. The maximum Gasteiger partial charge on any atom is 0.186 e. The van der Waals surface area contributed by atoms with E-state index in [2.05, 4.69) is 57.2 Å². The molecule has 0 aliphatic rings. The fourth-order valence-corrected chi connectivity index (χ4v) is 3.50. The topological polar surface area (TPSA) is 16.1 Å². The average Bonchev–Trinajstić information content (AvgIpc) is 2.84. The molecule has 0 radical (unpaired) electrons. The molecule has 0 saturated heterocycles. The number of thiazole rings is 1. The minimum Gasteiger partial charge on any atom is -0.340 e. The maximum atomic E-state index is 4.48. The van der Waals surface area contributed by atoms with Gasteiger partial charge in [0.2, 0.25) is 0 Å². The quantitative estimate of drug-likeness (QED) is 0.832. The summed E-state index contributed by atoms with van der Waals surface area (Å²) in [5, 5.41) is 5.22. The third-order valence-electron chi connectivity index (χ3n) is 2.24. The van der Waals surface area contributed by atoms with Crippen molar-refractivity contribution in [1.82, 2.24) is 4.98 Å². The molecule has 5 heteroatoms. The van der Waals surface area contributed by atoms with Crippen LogP contribution in [0.2, 0.25) is 0 Å². The van der Waals surface area contributed by atoms with E-state index in [0.717, 1.165) is 16.3 Å². The van der Waals surface area contributed by atoms with Gasteiger partial charge in [-0.25, -0.2) is 4.98 Å². The fraction of sp³-hybridized carbons (Fsp3) is 0.364. The van der Waals surface area contributed by atoms with Gasteiger partial charge in [0.25, 0.3) is 0 Å². The Kier molecular flexibility index (Phi) is 4.00. The van der Waals surface area contributed by atoms with Crippen LogP contribution >= 0.6 is 38.6 Å². The zero-order valence-corrected chi connectivity index (χ0v) is 12.4. The van der Waals surface area contributed by atoms with Gasteiger partial charge in [-0.3, -0.25) is 0 Å². The maximum absolute atomic E-state index is 4.48. The van der Waals surface area contributed by atoms with Gasteiger partial charge in [-0.05, 0) is 41.2 Å². The zero-order chi connectivity index (χ0) is 11.5. The van der Waals surface area contributed by atoms with E-state index in [-0.39, 0.29) is 0 Å². The van der Waals surface area contributed by atoms with Gasteiger partial charge in [-0.1, -0.05) is 6.07 Å². The summed E-state index contributed by atoms with van der Waals surface area (Å²) in [4.78, 5) is 8.17. The largest absolute Gasteiger partial charge is 0.340 e. The summed E-state index contributed by atoms with van der Waals surface area (Å²) in [6.45, 7) is 5.33. The van der Waals surface area contributed by atoms with Crippen LogP contribution in [-0.4, -0.2) is 11.0 Å². The molecule has 0 N–H and O–H groups in total. The first-order chi connectivity index (χ1) is 7.66. The Labute approximate surface area is 112 Å². The lowest BCUT2D eigenvalue weighted by atomic mass is 10.3. The molecule has 0 spiro atoms. The number of anilines is 1. The van der Waals surface area contributed by atoms with Crippen molar-refractivity contribution < 1.29 is 0 Å². The summed E-state index contributed by atoms with van der Waals surface area (Å²) in [6.07, 6.45) is 0. The van der Waals surface area contributed by atoms with Crippen molar-refractivity contribution in [2.45, 2.75) is 26.4 Å². The third-order valence-corrected chi connectivity index (χ3v) is 4.69. The number of hydrogen-bond acceptors (Lipinski definition) is 4. The van der Waals surface area contributed by atoms with Gasteiger partial charge in [0, 0.05) is 16.3 Å². The van der Waals surface area contributed by atoms with Crippen molar-refractivity contribution in [3.8, 4) is 0 Å². The average molecular weight is 317 g/mol. The van der Waals surface area contributed by atoms with Crippen LogP contribution in [0.1, 0.15) is 18.7 Å². The van der Waals surface area contributed by atoms with Crippen molar-refractivity contribution in [2.24, 2.45) is 0 Å². The van der Waals surface area contributed by atoms with E-state index in [0.29, 0.717) is 6.04 Å². The van der Waals surface area contributed by atoms with Gasteiger partial charge in [-0.2, -0.15) is 0 Å². The second kappa shape index (κ2) is 5.29. The molecule has 2 aromatic rings. The first kappa shape index (κ1) is 12.1. The van der Waals surface area contributed by atoms with Crippen LogP contribution in [0.4, 0.5) is 5.13 Å². The highest BCUT2D eigenvalue weighted by Gasteiger charge is 2.14. The molecule has 2 aromatic heterocycles. The summed E-state index contributed by atoms with van der Waals surface area (Å²) < 4.78 is 0.921. The van der Waals surface area contributed by atoms with Gasteiger partial charge in [0.1, 0.15) is 4.60 Å². The first-order valence-corrected chi connectivity index (χ1v) is 7.62. The summed E-state index contributed by atoms with van der Waals surface area (Å²) in [6, 6.07) is 4.72. The standard InChI is InChI=1S/C11H13BrN2S2/c1-8(2)14(6-9-4-3-5-15-9)11-13-10(12)7-16-11/h3-5,7-8H,6H2,1-2H3. The van der Waals surface area contributed by atoms with E-state index in [4.69, 9.17) is 0 Å². The van der Waals surface area contributed by atoms with Crippen LogP contribution < -0.4 is 4.90 Å². The van der Waals surface area contributed by atoms with Gasteiger partial charge in [0.15, 0.2) is 5.13 Å². The van der Waals surface area contributed by atoms with Crippen molar-refractivity contribution >= 4 is 43.7 Å². The van der Waals surface area contributed by atoms with Gasteiger partial charge in [-0.15, -0.1) is 22.7 Å². The second-order valence-electron chi connectivity index (χ2n) is 3.75. The molecule has 0 amide bonds. The molecule has 2 heterocycles. The molecule has 0 saturated carbocycles. The predicted molar refractivity (Wildman–Crippen MR) is 75.5 cm³/mol. The van der Waals surface area contributed by atoms with E-state index in [1.165, 1.54) is 4.88 Å². The van der Waals surface area contributed by atoms with Crippen molar-refractivity contribution in [2.75, 3.05) is 4.90 Å². The normalized spacial score (nSPS) is 11.0. The fourth-order valence-electron chi connectivity index (χ4n) is 1.42. The summed E-state index contributed by atoms with van der Waals surface area (Å²) in [7, 11) is 0. The number of aromatic nitrogens is 1. The van der Waals surface area contributed by atoms with Gasteiger partial charge >= 0.3 is 0 Å². The monoisotopic (exact) mass is 316 g/mol. The molecule has 2 nitrogen and oxygen atoms in total. The van der Waals surface area contributed by atoms with Crippen LogP contribution in [0.5, 0.6) is 0 Å². The molecule has 0 atom stereocenters. The Morgan fingerprint density at radius 3 is 2.75 bits per heavy atom. The van der Waals surface area contributed by atoms with Crippen molar-refractivity contribution in [3.05, 3.63) is 32.4 Å². The minimum absolute atomic E-state index is 0.458. The number of hydrogen-bond donors (Lipinski definition) is 0. The number of halogens is 1. The lowest BCUT2D eigenvalue weighted by molar-refractivity contribution is 0.684. The predicted octanol–water partition coefficient (Wildman–Crippen LogP) is 4.38. The van der Waals surface area contributed by atoms with Crippen molar-refractivity contribution in [3.63, 3.8) is 0 Å². The number of thiophene rings is 1. The third kappa shape index (κ3) is 2.84. The second-order valence-corrected chi connectivity index (χ2v) is 6.44. The summed E-state index contributed by atoms with van der Waals surface area (Å²) in [5.74, 6) is 0. The number of rotatable bonds is 4. The molecule has 0 bridgehead atoms. The van der Waals surface area contributed by atoms with Crippen LogP contribution in [0.3, 0.4) is 0 Å². The SMILES string of the molecule is CC(C)N(Cc1cccs1)c1nc(Br)cs1. The molecule has 0 unspecified atom stereocenters. The highest BCUT2D eigenvalue weighted by Crippen LogP contribution is 2.27. The minimum atomic E-state index is 0.458. The van der Waals surface area contributed by atoms with Crippen LogP contribution in [0.15, 0.2) is 27.5 Å². The Balaban J connectivity index is 2.18. The van der Waals surface area contributed by atoms with E-state index < -0.39 is 0 Å². The van der Waals surface area contributed by atoms with E-state index >= 15 is 0 Å². The van der Waals surface area contributed by atoms with Crippen LogP contribution in [0.25, 0.3) is 0 Å². The van der Waals surface area contributed by atoms with Crippen LogP contribution in [0, 0.1) is 0 Å². The Morgan fingerprint density at radius 1 is 1.44 bits per heavy atom. The molecule has 86 valence electrons. The highest BCUT2D eigenvalue weighted by atomic mass is 79.9. The van der Waals surface area contributed by atoms with E-state index in [1.54, 1.807) is 22.7 Å². The molecule has 0 aliphatic carbocycles. The molecular formula is C11H13BrN2S2. The molecule has 0 aliphatic heterocycles. The zero-order valence-electron chi connectivity index (χ0n) is 9.18. The number of nitrogens with zero attached hydrogens (tertiary/aromatic N) is 2. The van der Waals surface area contributed by atoms with Crippen molar-refractivity contribution in [1.29, 1.82) is 0 Å². The Bertz CT molecular complexity index is 437.